The van der Waals surface area contributed by atoms with E-state index < -0.39 is 12.0 Å². The fourth-order valence-corrected chi connectivity index (χ4v) is 2.35. The molecule has 3 N–H and O–H groups in total. The molecule has 1 aromatic carbocycles. The summed E-state index contributed by atoms with van der Waals surface area (Å²) in [4.78, 5) is 24.0. The van der Waals surface area contributed by atoms with Crippen LogP contribution in [0.4, 0.5) is 5.69 Å². The van der Waals surface area contributed by atoms with Gasteiger partial charge in [0, 0.05) is 19.2 Å². The quantitative estimate of drug-likeness (QED) is 0.818. The number of amides is 1. The van der Waals surface area contributed by atoms with Gasteiger partial charge in [-0.1, -0.05) is 12.1 Å². The largest absolute Gasteiger partial charge is 0.480 e. The van der Waals surface area contributed by atoms with Gasteiger partial charge in [-0.05, 0) is 30.0 Å². The van der Waals surface area contributed by atoms with Crippen LogP contribution in [0.2, 0.25) is 0 Å². The van der Waals surface area contributed by atoms with Crippen molar-refractivity contribution in [3.8, 4) is 0 Å². The molecule has 0 aromatic heterocycles. The van der Waals surface area contributed by atoms with Gasteiger partial charge < -0.3 is 15.7 Å². The molecule has 0 bridgehead atoms. The van der Waals surface area contributed by atoms with Gasteiger partial charge in [0.2, 0.25) is 5.91 Å². The van der Waals surface area contributed by atoms with Gasteiger partial charge in [0.1, 0.15) is 6.04 Å². The molecule has 2 rings (SSSR count). The lowest BCUT2D eigenvalue weighted by atomic mass is 9.99. The third kappa shape index (κ3) is 2.22. The number of nitrogens with two attached hydrogens (primary N) is 1. The van der Waals surface area contributed by atoms with Crippen molar-refractivity contribution in [1.29, 1.82) is 0 Å². The molecule has 1 unspecified atom stereocenters. The molecule has 1 amide bonds. The highest BCUT2D eigenvalue weighted by Gasteiger charge is 2.25. The second-order valence-corrected chi connectivity index (χ2v) is 4.48. The third-order valence-electron chi connectivity index (χ3n) is 3.26. The van der Waals surface area contributed by atoms with Crippen LogP contribution in [0.15, 0.2) is 18.2 Å². The molecule has 1 aliphatic heterocycles. The lowest BCUT2D eigenvalue weighted by Gasteiger charge is -2.16. The zero-order chi connectivity index (χ0) is 13.3. The number of carbonyl (C=O) groups is 2. The standard InChI is InChI=1S/C13H16N2O3/c1-8(16)15-6-5-10-9(3-2-4-12(10)15)7-11(14)13(17)18/h2-4,11H,5-7,14H2,1H3,(H,17,18). The Hall–Kier alpha value is -1.88. The normalized spacial score (nSPS) is 15.3. The van der Waals surface area contributed by atoms with Crippen molar-refractivity contribution in [3.63, 3.8) is 0 Å². The Morgan fingerprint density at radius 3 is 2.83 bits per heavy atom. The molecule has 5 heteroatoms. The Labute approximate surface area is 105 Å². The first-order valence-electron chi connectivity index (χ1n) is 5.88. The minimum absolute atomic E-state index is 0.00781. The summed E-state index contributed by atoms with van der Waals surface area (Å²) in [5, 5.41) is 8.84. The smallest absolute Gasteiger partial charge is 0.320 e. The molecule has 0 spiro atoms. The van der Waals surface area contributed by atoms with E-state index in [1.165, 1.54) is 6.92 Å². The number of benzene rings is 1. The van der Waals surface area contributed by atoms with Gasteiger partial charge in [-0.2, -0.15) is 0 Å². The summed E-state index contributed by atoms with van der Waals surface area (Å²) in [7, 11) is 0. The summed E-state index contributed by atoms with van der Waals surface area (Å²) in [6.07, 6.45) is 1.06. The van der Waals surface area contributed by atoms with E-state index in [-0.39, 0.29) is 5.91 Å². The first kappa shape index (κ1) is 12.6. The van der Waals surface area contributed by atoms with Crippen LogP contribution in [-0.4, -0.2) is 29.6 Å². The van der Waals surface area contributed by atoms with Crippen LogP contribution in [0.1, 0.15) is 18.1 Å². The molecule has 1 aliphatic rings. The first-order valence-corrected chi connectivity index (χ1v) is 5.88. The lowest BCUT2D eigenvalue weighted by molar-refractivity contribution is -0.138. The van der Waals surface area contributed by atoms with Crippen molar-refractivity contribution in [2.24, 2.45) is 5.73 Å². The maximum Gasteiger partial charge on any atom is 0.320 e. The summed E-state index contributed by atoms with van der Waals surface area (Å²) in [5.74, 6) is -0.998. The van der Waals surface area contributed by atoms with Gasteiger partial charge in [-0.15, -0.1) is 0 Å². The van der Waals surface area contributed by atoms with Crippen LogP contribution in [-0.2, 0) is 22.4 Å². The number of nitrogens with zero attached hydrogens (tertiary/aromatic N) is 1. The molecule has 1 heterocycles. The monoisotopic (exact) mass is 248 g/mol. The summed E-state index contributed by atoms with van der Waals surface area (Å²) in [6.45, 7) is 2.19. The molecule has 0 saturated heterocycles. The van der Waals surface area contributed by atoms with Crippen molar-refractivity contribution in [3.05, 3.63) is 29.3 Å². The zero-order valence-corrected chi connectivity index (χ0v) is 10.2. The number of carboxylic acid groups (broad SMARTS) is 1. The van der Waals surface area contributed by atoms with Crippen LogP contribution in [0.5, 0.6) is 0 Å². The number of hydrogen-bond donors (Lipinski definition) is 2. The number of carboxylic acids is 1. The van der Waals surface area contributed by atoms with Gasteiger partial charge in [-0.3, -0.25) is 9.59 Å². The molecule has 5 nitrogen and oxygen atoms in total. The van der Waals surface area contributed by atoms with E-state index in [4.69, 9.17) is 10.8 Å². The fourth-order valence-electron chi connectivity index (χ4n) is 2.35. The Kier molecular flexibility index (Phi) is 3.34. The molecular weight excluding hydrogens is 232 g/mol. The third-order valence-corrected chi connectivity index (χ3v) is 3.26. The second-order valence-electron chi connectivity index (χ2n) is 4.48. The predicted octanol–water partition coefficient (Wildman–Crippen LogP) is 0.550. The van der Waals surface area contributed by atoms with E-state index >= 15 is 0 Å². The SMILES string of the molecule is CC(=O)N1CCc2c(CC(N)C(=O)O)cccc21. The molecule has 96 valence electrons. The van der Waals surface area contributed by atoms with Crippen molar-refractivity contribution in [1.82, 2.24) is 0 Å². The molecular formula is C13H16N2O3. The van der Waals surface area contributed by atoms with Gasteiger partial charge in [0.15, 0.2) is 0 Å². The Balaban J connectivity index is 2.30. The summed E-state index contributed by atoms with van der Waals surface area (Å²) < 4.78 is 0. The van der Waals surface area contributed by atoms with Crippen LogP contribution < -0.4 is 10.6 Å². The fraction of sp³-hybridized carbons (Fsp3) is 0.385. The van der Waals surface area contributed by atoms with E-state index in [2.05, 4.69) is 0 Å². The highest BCUT2D eigenvalue weighted by atomic mass is 16.4. The number of carbonyl (C=O) groups excluding carboxylic acids is 1. The zero-order valence-electron chi connectivity index (χ0n) is 10.2. The van der Waals surface area contributed by atoms with Crippen LogP contribution in [0.3, 0.4) is 0 Å². The number of hydrogen-bond acceptors (Lipinski definition) is 3. The highest BCUT2D eigenvalue weighted by molar-refractivity contribution is 5.94. The Morgan fingerprint density at radius 2 is 2.22 bits per heavy atom. The molecule has 18 heavy (non-hydrogen) atoms. The lowest BCUT2D eigenvalue weighted by Crippen LogP contribution is -2.32. The predicted molar refractivity (Wildman–Crippen MR) is 67.5 cm³/mol. The number of fused-ring (bicyclic) bond motifs is 1. The molecule has 1 atom stereocenters. The molecule has 0 saturated carbocycles. The minimum atomic E-state index is -1.01. The molecule has 1 aromatic rings. The van der Waals surface area contributed by atoms with Crippen LogP contribution in [0.25, 0.3) is 0 Å². The number of aliphatic carboxylic acids is 1. The highest BCUT2D eigenvalue weighted by Crippen LogP contribution is 2.31. The van der Waals surface area contributed by atoms with Gasteiger partial charge in [0.25, 0.3) is 0 Å². The van der Waals surface area contributed by atoms with E-state index in [0.29, 0.717) is 13.0 Å². The van der Waals surface area contributed by atoms with Crippen molar-refractivity contribution in [2.75, 3.05) is 11.4 Å². The topological polar surface area (TPSA) is 83.6 Å². The van der Waals surface area contributed by atoms with Crippen LogP contribution >= 0.6 is 0 Å². The van der Waals surface area contributed by atoms with E-state index in [1.807, 2.05) is 18.2 Å². The Morgan fingerprint density at radius 1 is 1.50 bits per heavy atom. The van der Waals surface area contributed by atoms with Crippen molar-refractivity contribution < 1.29 is 14.7 Å². The van der Waals surface area contributed by atoms with Gasteiger partial charge in [0.05, 0.1) is 0 Å². The average Bonchev–Trinajstić information content (AvgIpc) is 2.73. The average molecular weight is 248 g/mol. The number of rotatable bonds is 3. The van der Waals surface area contributed by atoms with Gasteiger partial charge in [-0.25, -0.2) is 0 Å². The first-order chi connectivity index (χ1) is 8.50. The maximum atomic E-state index is 11.5. The van der Waals surface area contributed by atoms with Crippen molar-refractivity contribution >= 4 is 17.6 Å². The van der Waals surface area contributed by atoms with E-state index in [1.54, 1.807) is 4.90 Å². The summed E-state index contributed by atoms with van der Waals surface area (Å²) in [5.41, 5.74) is 8.41. The molecule has 0 aliphatic carbocycles. The summed E-state index contributed by atoms with van der Waals surface area (Å²) >= 11 is 0. The van der Waals surface area contributed by atoms with E-state index in [9.17, 15) is 9.59 Å². The number of anilines is 1. The van der Waals surface area contributed by atoms with E-state index in [0.717, 1.165) is 23.2 Å². The second kappa shape index (κ2) is 4.78. The molecule has 0 radical (unpaired) electrons. The Bertz CT molecular complexity index is 499. The maximum absolute atomic E-state index is 11.5. The summed E-state index contributed by atoms with van der Waals surface area (Å²) in [6, 6.07) is 4.71. The molecule has 0 fully saturated rings. The van der Waals surface area contributed by atoms with Crippen LogP contribution in [0, 0.1) is 0 Å². The van der Waals surface area contributed by atoms with Crippen molar-refractivity contribution in [2.45, 2.75) is 25.8 Å². The van der Waals surface area contributed by atoms with Gasteiger partial charge >= 0.3 is 5.97 Å². The minimum Gasteiger partial charge on any atom is -0.480 e.